The first kappa shape index (κ1) is 16.9. The van der Waals surface area contributed by atoms with E-state index in [2.05, 4.69) is 9.97 Å². The Balaban J connectivity index is 1.60. The van der Waals surface area contributed by atoms with Crippen LogP contribution in [0.5, 0.6) is 0 Å². The molecule has 2 aromatic carbocycles. The average molecular weight is 373 g/mol. The first-order valence-corrected chi connectivity index (χ1v) is 9.08. The van der Waals surface area contributed by atoms with Crippen LogP contribution in [0.2, 0.25) is 0 Å². The van der Waals surface area contributed by atoms with Crippen molar-refractivity contribution in [3.8, 4) is 16.9 Å². The van der Waals surface area contributed by atoms with Gasteiger partial charge in [-0.2, -0.15) is 0 Å². The molecule has 0 bridgehead atoms. The van der Waals surface area contributed by atoms with Crippen LogP contribution in [-0.4, -0.2) is 25.6 Å². The van der Waals surface area contributed by atoms with Crippen LogP contribution in [0.1, 0.15) is 20.2 Å². The quantitative estimate of drug-likeness (QED) is 0.542. The van der Waals surface area contributed by atoms with Crippen LogP contribution in [-0.2, 0) is 0 Å². The number of carboxylic acid groups (broad SMARTS) is 1. The topological polar surface area (TPSA) is 68.0 Å². The smallest absolute Gasteiger partial charge is 0.348 e. The Morgan fingerprint density at radius 1 is 1.04 bits per heavy atom. The summed E-state index contributed by atoms with van der Waals surface area (Å²) >= 11 is 1.17. The molecule has 4 aromatic rings. The molecule has 0 atom stereocenters. The predicted octanol–water partition coefficient (Wildman–Crippen LogP) is 4.86. The molecule has 0 aliphatic carbocycles. The monoisotopic (exact) mass is 373 g/mol. The second-order valence-corrected chi connectivity index (χ2v) is 6.83. The number of aromatic carboxylic acids is 1. The van der Waals surface area contributed by atoms with Crippen molar-refractivity contribution in [1.82, 2.24) is 14.5 Å². The van der Waals surface area contributed by atoms with Gasteiger partial charge in [-0.25, -0.2) is 14.8 Å². The molecule has 1 N–H and O–H groups in total. The highest BCUT2D eigenvalue weighted by atomic mass is 32.1. The molecule has 0 aliphatic rings. The van der Waals surface area contributed by atoms with E-state index in [1.807, 2.05) is 77.5 Å². The van der Waals surface area contributed by atoms with E-state index in [1.165, 1.54) is 11.3 Å². The zero-order chi connectivity index (χ0) is 18.6. The largest absolute Gasteiger partial charge is 0.477 e. The van der Waals surface area contributed by atoms with Crippen LogP contribution in [0.4, 0.5) is 0 Å². The summed E-state index contributed by atoms with van der Waals surface area (Å²) in [6, 6.07) is 17.4. The van der Waals surface area contributed by atoms with E-state index in [9.17, 15) is 9.90 Å². The number of nitrogens with zero attached hydrogens (tertiary/aromatic N) is 3. The standard InChI is InChI=1S/C21H15N3O2S/c25-21(26)20-19(16-4-2-1-3-5-16)23-18(27-20)11-8-15-6-9-17(10-7-15)24-13-12-22-14-24/h1-14H,(H,25,26)/b11-8+. The molecule has 0 saturated carbocycles. The molecule has 0 fully saturated rings. The molecule has 27 heavy (non-hydrogen) atoms. The maximum Gasteiger partial charge on any atom is 0.348 e. The fraction of sp³-hybridized carbons (Fsp3) is 0. The molecule has 0 aliphatic heterocycles. The molecule has 0 amide bonds. The van der Waals surface area contributed by atoms with E-state index in [0.29, 0.717) is 10.7 Å². The van der Waals surface area contributed by atoms with Crippen molar-refractivity contribution in [2.24, 2.45) is 0 Å². The number of carboxylic acids is 1. The number of thiazole rings is 1. The van der Waals surface area contributed by atoms with Gasteiger partial charge in [-0.1, -0.05) is 48.5 Å². The van der Waals surface area contributed by atoms with Gasteiger partial charge in [-0.05, 0) is 23.8 Å². The van der Waals surface area contributed by atoms with Gasteiger partial charge in [-0.15, -0.1) is 11.3 Å². The molecule has 132 valence electrons. The number of carbonyl (C=O) groups is 1. The third-order valence-electron chi connectivity index (χ3n) is 4.00. The van der Waals surface area contributed by atoms with Gasteiger partial charge in [0.15, 0.2) is 0 Å². The summed E-state index contributed by atoms with van der Waals surface area (Å²) in [6.45, 7) is 0. The lowest BCUT2D eigenvalue weighted by molar-refractivity contribution is 0.0702. The summed E-state index contributed by atoms with van der Waals surface area (Å²) in [4.78, 5) is 20.4. The summed E-state index contributed by atoms with van der Waals surface area (Å²) in [6.07, 6.45) is 9.14. The van der Waals surface area contributed by atoms with Crippen molar-refractivity contribution < 1.29 is 9.90 Å². The normalized spacial score (nSPS) is 11.1. The third kappa shape index (κ3) is 3.70. The Hall–Kier alpha value is -3.51. The van der Waals surface area contributed by atoms with Gasteiger partial charge in [0.2, 0.25) is 0 Å². The highest BCUT2D eigenvalue weighted by Crippen LogP contribution is 2.29. The lowest BCUT2D eigenvalue weighted by Crippen LogP contribution is -1.95. The predicted molar refractivity (Wildman–Crippen MR) is 107 cm³/mol. The summed E-state index contributed by atoms with van der Waals surface area (Å²) < 4.78 is 1.93. The zero-order valence-corrected chi connectivity index (χ0v) is 15.0. The van der Waals surface area contributed by atoms with E-state index in [0.717, 1.165) is 16.8 Å². The lowest BCUT2D eigenvalue weighted by Gasteiger charge is -2.01. The van der Waals surface area contributed by atoms with Gasteiger partial charge in [0.05, 0.1) is 12.0 Å². The van der Waals surface area contributed by atoms with Crippen molar-refractivity contribution >= 4 is 29.5 Å². The lowest BCUT2D eigenvalue weighted by atomic mass is 10.1. The molecule has 0 radical (unpaired) electrons. The second-order valence-electron chi connectivity index (χ2n) is 5.80. The number of benzene rings is 2. The molecular weight excluding hydrogens is 358 g/mol. The molecule has 0 saturated heterocycles. The van der Waals surface area contributed by atoms with E-state index in [-0.39, 0.29) is 4.88 Å². The molecule has 0 unspecified atom stereocenters. The van der Waals surface area contributed by atoms with Crippen LogP contribution in [0.25, 0.3) is 29.1 Å². The fourth-order valence-electron chi connectivity index (χ4n) is 2.68. The molecule has 5 nitrogen and oxygen atoms in total. The van der Waals surface area contributed by atoms with Gasteiger partial charge >= 0.3 is 5.97 Å². The summed E-state index contributed by atoms with van der Waals surface area (Å²) in [5.74, 6) is -0.962. The highest BCUT2D eigenvalue weighted by molar-refractivity contribution is 7.15. The number of rotatable bonds is 5. The van der Waals surface area contributed by atoms with Crippen molar-refractivity contribution in [2.75, 3.05) is 0 Å². The maximum absolute atomic E-state index is 11.6. The van der Waals surface area contributed by atoms with Crippen molar-refractivity contribution in [2.45, 2.75) is 0 Å². The molecule has 0 spiro atoms. The van der Waals surface area contributed by atoms with Gasteiger partial charge < -0.3 is 9.67 Å². The van der Waals surface area contributed by atoms with E-state index < -0.39 is 5.97 Å². The van der Waals surface area contributed by atoms with Crippen LogP contribution >= 0.6 is 11.3 Å². The summed E-state index contributed by atoms with van der Waals surface area (Å²) in [5, 5.41) is 10.1. The Labute approximate surface area is 159 Å². The Bertz CT molecular complexity index is 1080. The second kappa shape index (κ2) is 7.39. The van der Waals surface area contributed by atoms with E-state index in [4.69, 9.17) is 0 Å². The number of aromatic nitrogens is 3. The zero-order valence-electron chi connectivity index (χ0n) is 14.2. The minimum absolute atomic E-state index is 0.247. The molecule has 2 heterocycles. The average Bonchev–Trinajstić information content (AvgIpc) is 3.38. The number of imidazole rings is 1. The van der Waals surface area contributed by atoms with Crippen LogP contribution in [0, 0.1) is 0 Å². The fourth-order valence-corrected chi connectivity index (χ4v) is 3.51. The van der Waals surface area contributed by atoms with Crippen molar-refractivity contribution in [3.05, 3.63) is 88.8 Å². The van der Waals surface area contributed by atoms with Crippen LogP contribution < -0.4 is 0 Å². The number of hydrogen-bond donors (Lipinski definition) is 1. The summed E-state index contributed by atoms with van der Waals surface area (Å²) in [5.41, 5.74) is 3.34. The first-order chi connectivity index (χ1) is 13.2. The van der Waals surface area contributed by atoms with Crippen LogP contribution in [0.15, 0.2) is 73.3 Å². The van der Waals surface area contributed by atoms with Gasteiger partial charge in [-0.3, -0.25) is 0 Å². The van der Waals surface area contributed by atoms with Gasteiger partial charge in [0.1, 0.15) is 9.88 Å². The van der Waals surface area contributed by atoms with Gasteiger partial charge in [0.25, 0.3) is 0 Å². The molecule has 2 aromatic heterocycles. The molecule has 6 heteroatoms. The molecular formula is C21H15N3O2S. The maximum atomic E-state index is 11.6. The van der Waals surface area contributed by atoms with Crippen molar-refractivity contribution in [3.63, 3.8) is 0 Å². The number of hydrogen-bond acceptors (Lipinski definition) is 4. The van der Waals surface area contributed by atoms with Gasteiger partial charge in [0, 0.05) is 23.6 Å². The van der Waals surface area contributed by atoms with Crippen molar-refractivity contribution in [1.29, 1.82) is 0 Å². The highest BCUT2D eigenvalue weighted by Gasteiger charge is 2.17. The minimum atomic E-state index is -0.962. The van der Waals surface area contributed by atoms with E-state index in [1.54, 1.807) is 12.5 Å². The Morgan fingerprint density at radius 3 is 2.48 bits per heavy atom. The SMILES string of the molecule is O=C(O)c1sc(/C=C/c2ccc(-n3ccnc3)cc2)nc1-c1ccccc1. The minimum Gasteiger partial charge on any atom is -0.477 e. The Morgan fingerprint density at radius 2 is 1.81 bits per heavy atom. The van der Waals surface area contributed by atoms with E-state index >= 15 is 0 Å². The Kier molecular flexibility index (Phi) is 4.63. The molecule has 4 rings (SSSR count). The first-order valence-electron chi connectivity index (χ1n) is 8.27. The summed E-state index contributed by atoms with van der Waals surface area (Å²) in [7, 11) is 0. The van der Waals surface area contributed by atoms with Crippen LogP contribution in [0.3, 0.4) is 0 Å². The third-order valence-corrected chi connectivity index (χ3v) is 5.01.